The maximum absolute atomic E-state index is 12.2. The number of piperidine rings is 1. The molecule has 1 amide bonds. The number of pyridine rings is 1. The second-order valence-electron chi connectivity index (χ2n) is 5.01. The van der Waals surface area contributed by atoms with Crippen LogP contribution in [0, 0.1) is 0 Å². The van der Waals surface area contributed by atoms with Gasteiger partial charge in [0.15, 0.2) is 0 Å². The molecule has 98 valence electrons. The molecule has 0 saturated carbocycles. The van der Waals surface area contributed by atoms with Crippen LogP contribution in [0.15, 0.2) is 18.3 Å². The van der Waals surface area contributed by atoms with Gasteiger partial charge in [0.1, 0.15) is 5.82 Å². The molecule has 0 bridgehead atoms. The first-order valence-electron chi connectivity index (χ1n) is 6.17. The van der Waals surface area contributed by atoms with E-state index in [9.17, 15) is 9.90 Å². The van der Waals surface area contributed by atoms with Gasteiger partial charge in [0.2, 0.25) is 0 Å². The Morgan fingerprint density at radius 2 is 2.33 bits per heavy atom. The molecule has 1 aliphatic rings. The standard InChI is InChI=1S/C13H19N3O2/c1-13(18)6-3-7-16(9-13)12(17)10-4-5-11(14-2)15-8-10/h4-5,8,18H,3,6-7,9H2,1-2H3,(H,14,15). The van der Waals surface area contributed by atoms with Crippen molar-refractivity contribution in [2.75, 3.05) is 25.5 Å². The van der Waals surface area contributed by atoms with Gasteiger partial charge in [-0.1, -0.05) is 0 Å². The van der Waals surface area contributed by atoms with Crippen molar-refractivity contribution in [3.8, 4) is 0 Å². The Bertz CT molecular complexity index is 428. The Labute approximate surface area is 107 Å². The molecule has 5 nitrogen and oxygen atoms in total. The summed E-state index contributed by atoms with van der Waals surface area (Å²) >= 11 is 0. The predicted octanol–water partition coefficient (Wildman–Crippen LogP) is 1.11. The molecule has 1 aromatic rings. The second kappa shape index (κ2) is 4.94. The van der Waals surface area contributed by atoms with Gasteiger partial charge < -0.3 is 15.3 Å². The van der Waals surface area contributed by atoms with Crippen molar-refractivity contribution in [2.24, 2.45) is 0 Å². The molecule has 1 aromatic heterocycles. The van der Waals surface area contributed by atoms with Crippen LogP contribution in [0.4, 0.5) is 5.82 Å². The number of aliphatic hydroxyl groups is 1. The number of amides is 1. The lowest BCUT2D eigenvalue weighted by molar-refractivity contribution is -0.0107. The Kier molecular flexibility index (Phi) is 3.52. The number of carbonyl (C=O) groups excluding carboxylic acids is 1. The summed E-state index contributed by atoms with van der Waals surface area (Å²) in [5.74, 6) is 0.669. The van der Waals surface area contributed by atoms with Crippen molar-refractivity contribution in [1.29, 1.82) is 0 Å². The average Bonchev–Trinajstić information content (AvgIpc) is 2.37. The zero-order chi connectivity index (χ0) is 13.2. The van der Waals surface area contributed by atoms with Crippen LogP contribution < -0.4 is 5.32 Å². The topological polar surface area (TPSA) is 65.5 Å². The van der Waals surface area contributed by atoms with Crippen molar-refractivity contribution >= 4 is 11.7 Å². The number of nitrogens with one attached hydrogen (secondary N) is 1. The van der Waals surface area contributed by atoms with Gasteiger partial charge in [-0.05, 0) is 31.9 Å². The first-order chi connectivity index (χ1) is 8.52. The summed E-state index contributed by atoms with van der Waals surface area (Å²) in [6, 6.07) is 3.53. The summed E-state index contributed by atoms with van der Waals surface area (Å²) in [4.78, 5) is 18.1. The van der Waals surface area contributed by atoms with Crippen LogP contribution in [0.5, 0.6) is 0 Å². The van der Waals surface area contributed by atoms with E-state index in [2.05, 4.69) is 10.3 Å². The molecular weight excluding hydrogens is 230 g/mol. The van der Waals surface area contributed by atoms with Crippen LogP contribution in [0.1, 0.15) is 30.1 Å². The van der Waals surface area contributed by atoms with Gasteiger partial charge in [-0.2, -0.15) is 0 Å². The van der Waals surface area contributed by atoms with E-state index >= 15 is 0 Å². The molecule has 0 aromatic carbocycles. The number of β-amino-alcohol motifs (C(OH)–C–C–N with tert-alkyl or cyclic N) is 1. The van der Waals surface area contributed by atoms with Crippen molar-refractivity contribution in [3.63, 3.8) is 0 Å². The largest absolute Gasteiger partial charge is 0.388 e. The Balaban J connectivity index is 2.10. The van der Waals surface area contributed by atoms with Crippen LogP contribution >= 0.6 is 0 Å². The van der Waals surface area contributed by atoms with Crippen molar-refractivity contribution in [2.45, 2.75) is 25.4 Å². The van der Waals surface area contributed by atoms with E-state index in [1.165, 1.54) is 0 Å². The summed E-state index contributed by atoms with van der Waals surface area (Å²) < 4.78 is 0. The molecule has 0 aliphatic carbocycles. The minimum atomic E-state index is -0.772. The molecule has 2 heterocycles. The number of rotatable bonds is 2. The lowest BCUT2D eigenvalue weighted by Crippen LogP contribution is -2.48. The average molecular weight is 249 g/mol. The minimum Gasteiger partial charge on any atom is -0.388 e. The summed E-state index contributed by atoms with van der Waals surface area (Å²) in [5.41, 5.74) is -0.210. The van der Waals surface area contributed by atoms with E-state index in [1.54, 1.807) is 37.2 Å². The maximum Gasteiger partial charge on any atom is 0.255 e. The van der Waals surface area contributed by atoms with E-state index in [0.717, 1.165) is 18.7 Å². The summed E-state index contributed by atoms with van der Waals surface area (Å²) in [7, 11) is 1.78. The SMILES string of the molecule is CNc1ccc(C(=O)N2CCCC(C)(O)C2)cn1. The fraction of sp³-hybridized carbons (Fsp3) is 0.538. The molecule has 2 N–H and O–H groups in total. The molecule has 1 atom stereocenters. The second-order valence-corrected chi connectivity index (χ2v) is 5.01. The van der Waals surface area contributed by atoms with Crippen molar-refractivity contribution in [3.05, 3.63) is 23.9 Å². The number of nitrogens with zero attached hydrogens (tertiary/aromatic N) is 2. The van der Waals surface area contributed by atoms with Gasteiger partial charge >= 0.3 is 0 Å². The van der Waals surface area contributed by atoms with Gasteiger partial charge in [0, 0.05) is 26.3 Å². The highest BCUT2D eigenvalue weighted by molar-refractivity contribution is 5.94. The summed E-state index contributed by atoms with van der Waals surface area (Å²) in [6.45, 7) is 2.86. The van der Waals surface area contributed by atoms with Crippen molar-refractivity contribution in [1.82, 2.24) is 9.88 Å². The maximum atomic E-state index is 12.2. The van der Waals surface area contributed by atoms with E-state index in [1.807, 2.05) is 0 Å². The molecule has 0 radical (unpaired) electrons. The van der Waals surface area contributed by atoms with Crippen LogP contribution in [0.2, 0.25) is 0 Å². The third-order valence-electron chi connectivity index (χ3n) is 3.23. The zero-order valence-electron chi connectivity index (χ0n) is 10.8. The number of anilines is 1. The third kappa shape index (κ3) is 2.79. The monoisotopic (exact) mass is 249 g/mol. The van der Waals surface area contributed by atoms with E-state index in [4.69, 9.17) is 0 Å². The third-order valence-corrected chi connectivity index (χ3v) is 3.23. The zero-order valence-corrected chi connectivity index (χ0v) is 10.8. The highest BCUT2D eigenvalue weighted by Gasteiger charge is 2.31. The molecule has 18 heavy (non-hydrogen) atoms. The van der Waals surface area contributed by atoms with Gasteiger partial charge in [0.25, 0.3) is 5.91 Å². The first kappa shape index (κ1) is 12.8. The van der Waals surface area contributed by atoms with Crippen molar-refractivity contribution < 1.29 is 9.90 Å². The number of carbonyl (C=O) groups is 1. The van der Waals surface area contributed by atoms with Crippen LogP contribution in [-0.2, 0) is 0 Å². The first-order valence-corrected chi connectivity index (χ1v) is 6.17. The lowest BCUT2D eigenvalue weighted by atomic mass is 9.95. The van der Waals surface area contributed by atoms with Gasteiger partial charge in [-0.25, -0.2) is 4.98 Å². The van der Waals surface area contributed by atoms with E-state index in [0.29, 0.717) is 18.7 Å². The van der Waals surface area contributed by atoms with Crippen LogP contribution in [0.3, 0.4) is 0 Å². The summed E-state index contributed by atoms with van der Waals surface area (Å²) in [5, 5.41) is 12.9. The molecular formula is C13H19N3O2. The van der Waals surface area contributed by atoms with E-state index in [-0.39, 0.29) is 5.91 Å². The van der Waals surface area contributed by atoms with Gasteiger partial charge in [0.05, 0.1) is 11.2 Å². The van der Waals surface area contributed by atoms with Gasteiger partial charge in [-0.3, -0.25) is 4.79 Å². The Morgan fingerprint density at radius 3 is 2.89 bits per heavy atom. The van der Waals surface area contributed by atoms with Crippen LogP contribution in [-0.4, -0.2) is 46.6 Å². The molecule has 0 spiro atoms. The minimum absolute atomic E-state index is 0.0647. The Morgan fingerprint density at radius 1 is 1.56 bits per heavy atom. The number of hydrogen-bond donors (Lipinski definition) is 2. The highest BCUT2D eigenvalue weighted by atomic mass is 16.3. The number of aromatic nitrogens is 1. The molecule has 2 rings (SSSR count). The Hall–Kier alpha value is -1.62. The van der Waals surface area contributed by atoms with Crippen LogP contribution in [0.25, 0.3) is 0 Å². The molecule has 1 unspecified atom stereocenters. The molecule has 1 saturated heterocycles. The predicted molar refractivity (Wildman–Crippen MR) is 69.5 cm³/mol. The lowest BCUT2D eigenvalue weighted by Gasteiger charge is -2.36. The number of likely N-dealkylation sites (tertiary alicyclic amines) is 1. The van der Waals surface area contributed by atoms with Gasteiger partial charge in [-0.15, -0.1) is 0 Å². The molecule has 5 heteroatoms. The number of hydrogen-bond acceptors (Lipinski definition) is 4. The fourth-order valence-electron chi connectivity index (χ4n) is 2.24. The molecule has 1 aliphatic heterocycles. The van der Waals surface area contributed by atoms with E-state index < -0.39 is 5.60 Å². The quantitative estimate of drug-likeness (QED) is 0.824. The molecule has 1 fully saturated rings. The highest BCUT2D eigenvalue weighted by Crippen LogP contribution is 2.21. The smallest absolute Gasteiger partial charge is 0.255 e. The summed E-state index contributed by atoms with van der Waals surface area (Å²) in [6.07, 6.45) is 3.14. The normalized spacial score (nSPS) is 23.8. The fourth-order valence-corrected chi connectivity index (χ4v) is 2.24.